The molecule has 0 bridgehead atoms. The molecule has 0 aromatic carbocycles. The van der Waals surface area contributed by atoms with Gasteiger partial charge >= 0.3 is 0 Å². The van der Waals surface area contributed by atoms with Gasteiger partial charge in [-0.2, -0.15) is 0 Å². The number of hydrogen-bond donors (Lipinski definition) is 2. The normalized spacial score (nSPS) is 15.6. The summed E-state index contributed by atoms with van der Waals surface area (Å²) >= 11 is 3.16. The summed E-state index contributed by atoms with van der Waals surface area (Å²) in [4.78, 5) is 37.9. The van der Waals surface area contributed by atoms with Gasteiger partial charge in [-0.1, -0.05) is 19.9 Å². The third kappa shape index (κ3) is 4.04. The Balaban J connectivity index is 1.45. The molecule has 0 atom stereocenters. The molecular formula is C20H25N4O2S2+. The fourth-order valence-electron chi connectivity index (χ4n) is 3.65. The van der Waals surface area contributed by atoms with E-state index in [2.05, 4.69) is 18.8 Å². The minimum absolute atomic E-state index is 0.0604. The van der Waals surface area contributed by atoms with Crippen LogP contribution < -0.4 is 10.5 Å². The summed E-state index contributed by atoms with van der Waals surface area (Å²) in [5, 5.41) is 4.73. The zero-order valence-electron chi connectivity index (χ0n) is 16.2. The lowest BCUT2D eigenvalue weighted by molar-refractivity contribution is -0.918. The van der Waals surface area contributed by atoms with E-state index in [-0.39, 0.29) is 11.5 Å². The van der Waals surface area contributed by atoms with Crippen LogP contribution in [-0.2, 0) is 11.3 Å². The molecule has 1 amide bonds. The van der Waals surface area contributed by atoms with Crippen LogP contribution in [0, 0.1) is 5.92 Å². The van der Waals surface area contributed by atoms with Crippen LogP contribution in [0.2, 0.25) is 0 Å². The van der Waals surface area contributed by atoms with E-state index in [1.807, 2.05) is 27.8 Å². The minimum atomic E-state index is -0.0604. The lowest BCUT2D eigenvalue weighted by Crippen LogP contribution is -3.13. The third-order valence-electron chi connectivity index (χ3n) is 5.10. The average Bonchev–Trinajstić information content (AvgIpc) is 3.31. The van der Waals surface area contributed by atoms with Crippen molar-refractivity contribution in [2.45, 2.75) is 26.8 Å². The molecule has 2 N–H and O–H groups in total. The van der Waals surface area contributed by atoms with E-state index in [9.17, 15) is 9.59 Å². The van der Waals surface area contributed by atoms with Crippen molar-refractivity contribution in [2.24, 2.45) is 5.92 Å². The molecule has 1 saturated heterocycles. The maximum absolute atomic E-state index is 12.7. The lowest BCUT2D eigenvalue weighted by Gasteiger charge is -2.32. The van der Waals surface area contributed by atoms with Crippen molar-refractivity contribution >= 4 is 38.8 Å². The molecule has 1 aliphatic rings. The second-order valence-corrected chi connectivity index (χ2v) is 9.53. The highest BCUT2D eigenvalue weighted by Gasteiger charge is 2.25. The van der Waals surface area contributed by atoms with Gasteiger partial charge in [0.25, 0.3) is 5.56 Å². The van der Waals surface area contributed by atoms with Gasteiger partial charge in [0.05, 0.1) is 31.6 Å². The summed E-state index contributed by atoms with van der Waals surface area (Å²) in [5.74, 6) is 1.37. The molecule has 148 valence electrons. The van der Waals surface area contributed by atoms with Crippen LogP contribution in [-0.4, -0.2) is 47.0 Å². The third-order valence-corrected chi connectivity index (χ3v) is 6.88. The van der Waals surface area contributed by atoms with Crippen molar-refractivity contribution in [3.8, 4) is 10.4 Å². The predicted molar refractivity (Wildman–Crippen MR) is 114 cm³/mol. The Morgan fingerprint density at radius 2 is 2.11 bits per heavy atom. The predicted octanol–water partition coefficient (Wildman–Crippen LogP) is 1.99. The number of rotatable bonds is 5. The molecule has 0 saturated carbocycles. The molecule has 4 rings (SSSR count). The highest BCUT2D eigenvalue weighted by atomic mass is 32.1. The zero-order chi connectivity index (χ0) is 19.7. The first kappa shape index (κ1) is 19.3. The van der Waals surface area contributed by atoms with Crippen molar-refractivity contribution in [1.29, 1.82) is 0 Å². The SMILES string of the molecule is CC(C)CC(=O)N1CC[NH+](Cc2nc3scc(-c4cccs4)c3c(=O)[nH]2)CC1. The van der Waals surface area contributed by atoms with Gasteiger partial charge in [0.15, 0.2) is 5.82 Å². The van der Waals surface area contributed by atoms with Gasteiger partial charge in [0.2, 0.25) is 5.91 Å². The van der Waals surface area contributed by atoms with Crippen LogP contribution in [0.25, 0.3) is 20.7 Å². The summed E-state index contributed by atoms with van der Waals surface area (Å²) in [6.07, 6.45) is 0.617. The number of carbonyl (C=O) groups is 1. The molecule has 6 nitrogen and oxygen atoms in total. The van der Waals surface area contributed by atoms with Crippen LogP contribution in [0.1, 0.15) is 26.1 Å². The van der Waals surface area contributed by atoms with Crippen molar-refractivity contribution in [2.75, 3.05) is 26.2 Å². The van der Waals surface area contributed by atoms with Crippen molar-refractivity contribution in [1.82, 2.24) is 14.9 Å². The van der Waals surface area contributed by atoms with E-state index in [1.165, 1.54) is 16.2 Å². The van der Waals surface area contributed by atoms with Gasteiger partial charge in [0.1, 0.15) is 11.4 Å². The van der Waals surface area contributed by atoms with E-state index in [0.717, 1.165) is 47.3 Å². The number of piperazine rings is 1. The quantitative estimate of drug-likeness (QED) is 0.667. The number of nitrogens with one attached hydrogen (secondary N) is 2. The molecule has 0 aliphatic carbocycles. The summed E-state index contributed by atoms with van der Waals surface area (Å²) < 4.78 is 0. The largest absolute Gasteiger partial charge is 0.331 e. The van der Waals surface area contributed by atoms with E-state index >= 15 is 0 Å². The molecular weight excluding hydrogens is 392 g/mol. The Morgan fingerprint density at radius 3 is 2.79 bits per heavy atom. The zero-order valence-corrected chi connectivity index (χ0v) is 17.8. The van der Waals surface area contributed by atoms with Crippen LogP contribution in [0.4, 0.5) is 0 Å². The van der Waals surface area contributed by atoms with Crippen molar-refractivity contribution in [3.63, 3.8) is 0 Å². The highest BCUT2D eigenvalue weighted by molar-refractivity contribution is 7.18. The Kier molecular flexibility index (Phi) is 5.61. The Hall–Kier alpha value is -2.03. The molecule has 3 aromatic heterocycles. The Labute approximate surface area is 171 Å². The fourth-order valence-corrected chi connectivity index (χ4v) is 5.44. The van der Waals surface area contributed by atoms with E-state index < -0.39 is 0 Å². The summed E-state index contributed by atoms with van der Waals surface area (Å²) in [5.41, 5.74) is 0.912. The molecule has 0 spiro atoms. The van der Waals surface area contributed by atoms with Crippen molar-refractivity contribution in [3.05, 3.63) is 39.1 Å². The molecule has 1 fully saturated rings. The number of amides is 1. The fraction of sp³-hybridized carbons (Fsp3) is 0.450. The topological polar surface area (TPSA) is 70.5 Å². The first-order valence-corrected chi connectivity index (χ1v) is 11.4. The Morgan fingerprint density at radius 1 is 1.32 bits per heavy atom. The number of thiophene rings is 2. The number of aromatic amines is 1. The number of H-pyrrole nitrogens is 1. The van der Waals surface area contributed by atoms with Gasteiger partial charge < -0.3 is 14.8 Å². The van der Waals surface area contributed by atoms with Gasteiger partial charge in [0, 0.05) is 22.2 Å². The number of fused-ring (bicyclic) bond motifs is 1. The number of nitrogens with zero attached hydrogens (tertiary/aromatic N) is 2. The maximum Gasteiger partial charge on any atom is 0.260 e. The molecule has 0 radical (unpaired) electrons. The molecule has 1 aliphatic heterocycles. The van der Waals surface area contributed by atoms with Gasteiger partial charge in [-0.3, -0.25) is 9.59 Å². The number of quaternary nitrogens is 1. The minimum Gasteiger partial charge on any atom is -0.331 e. The van der Waals surface area contributed by atoms with E-state index in [0.29, 0.717) is 24.3 Å². The van der Waals surface area contributed by atoms with Crippen LogP contribution in [0.5, 0.6) is 0 Å². The number of carbonyl (C=O) groups excluding carboxylic acids is 1. The second-order valence-electron chi connectivity index (χ2n) is 7.72. The molecule has 0 unspecified atom stereocenters. The van der Waals surface area contributed by atoms with Crippen LogP contribution >= 0.6 is 22.7 Å². The summed E-state index contributed by atoms with van der Waals surface area (Å²) in [7, 11) is 0. The van der Waals surface area contributed by atoms with Gasteiger partial charge in [-0.15, -0.1) is 22.7 Å². The standard InChI is InChI=1S/C20H24N4O2S2/c1-13(2)10-17(25)24-7-5-23(6-8-24)11-16-21-19(26)18-14(12-28-20(18)22-16)15-4-3-9-27-15/h3-4,9,12-13H,5-8,10-11H2,1-2H3,(H,21,22,26)/p+1. The molecule has 4 heterocycles. The molecule has 8 heteroatoms. The van der Waals surface area contributed by atoms with E-state index in [1.54, 1.807) is 11.3 Å². The summed E-state index contributed by atoms with van der Waals surface area (Å²) in [6, 6.07) is 4.03. The average molecular weight is 418 g/mol. The molecule has 28 heavy (non-hydrogen) atoms. The number of aromatic nitrogens is 2. The van der Waals surface area contributed by atoms with Gasteiger partial charge in [-0.25, -0.2) is 4.98 Å². The van der Waals surface area contributed by atoms with Crippen LogP contribution in [0.15, 0.2) is 27.7 Å². The monoisotopic (exact) mass is 417 g/mol. The second kappa shape index (κ2) is 8.14. The summed E-state index contributed by atoms with van der Waals surface area (Å²) in [6.45, 7) is 8.15. The maximum atomic E-state index is 12.7. The first-order chi connectivity index (χ1) is 13.5. The van der Waals surface area contributed by atoms with Crippen molar-refractivity contribution < 1.29 is 9.69 Å². The lowest BCUT2D eigenvalue weighted by atomic mass is 10.1. The smallest absolute Gasteiger partial charge is 0.260 e. The number of hydrogen-bond acceptors (Lipinski definition) is 5. The van der Waals surface area contributed by atoms with Crippen LogP contribution in [0.3, 0.4) is 0 Å². The Bertz CT molecular complexity index is 1010. The first-order valence-electron chi connectivity index (χ1n) is 9.67. The molecule has 3 aromatic rings. The van der Waals surface area contributed by atoms with Gasteiger partial charge in [-0.05, 0) is 17.4 Å². The highest BCUT2D eigenvalue weighted by Crippen LogP contribution is 2.33. The van der Waals surface area contributed by atoms with E-state index in [4.69, 9.17) is 4.98 Å².